The van der Waals surface area contributed by atoms with Crippen LogP contribution in [-0.2, 0) is 0 Å². The van der Waals surface area contributed by atoms with Crippen LogP contribution in [0.3, 0.4) is 0 Å². The monoisotopic (exact) mass is 148 g/mol. The van der Waals surface area contributed by atoms with Gasteiger partial charge in [-0.25, -0.2) is 0 Å². The van der Waals surface area contributed by atoms with Gasteiger partial charge in [0.2, 0.25) is 0 Å². The highest BCUT2D eigenvalue weighted by Gasteiger charge is 1.95. The normalized spacial score (nSPS) is 7.80. The molecule has 0 aliphatic carbocycles. The molecule has 0 atom stereocenters. The highest BCUT2D eigenvalue weighted by Crippen LogP contribution is 2.07. The third-order valence-corrected chi connectivity index (χ3v) is 0. The van der Waals surface area contributed by atoms with E-state index in [1.54, 1.807) is 0 Å². The lowest BCUT2D eigenvalue weighted by Gasteiger charge is -2.05. The fourth-order valence-corrected chi connectivity index (χ4v) is 0. The maximum absolute atomic E-state index is 2.19. The summed E-state index contributed by atoms with van der Waals surface area (Å²) < 4.78 is 0. The first-order valence-corrected chi connectivity index (χ1v) is 3.41. The molecule has 0 aromatic rings. The van der Waals surface area contributed by atoms with E-state index in [1.165, 1.54) is 6.42 Å². The quantitative estimate of drug-likeness (QED) is 0.465. The Morgan fingerprint density at radius 3 is 0.800 bits per heavy atom. The SMILES string of the molecule is C.C.CC(C)(C)C.CCC. The van der Waals surface area contributed by atoms with Crippen molar-refractivity contribution in [3.05, 3.63) is 0 Å². The molecule has 0 bridgehead atoms. The Morgan fingerprint density at radius 2 is 0.800 bits per heavy atom. The largest absolute Gasteiger partial charge is 0.0776 e. The molecule has 0 amide bonds. The van der Waals surface area contributed by atoms with Crippen LogP contribution in [-0.4, -0.2) is 0 Å². The maximum atomic E-state index is 2.19. The van der Waals surface area contributed by atoms with Crippen LogP contribution in [0.2, 0.25) is 0 Å². The molecule has 0 rings (SSSR count). The molecule has 0 nitrogen and oxygen atoms in total. The molecule has 68 valence electrons. The van der Waals surface area contributed by atoms with Crippen LogP contribution < -0.4 is 0 Å². The van der Waals surface area contributed by atoms with E-state index in [0.717, 1.165) is 0 Å². The second-order valence-corrected chi connectivity index (χ2v) is 3.71. The Hall–Kier alpha value is 0. The van der Waals surface area contributed by atoms with Gasteiger partial charge in [-0.15, -0.1) is 0 Å². The van der Waals surface area contributed by atoms with Crippen LogP contribution in [0.1, 0.15) is 62.8 Å². The summed E-state index contributed by atoms with van der Waals surface area (Å²) in [5.41, 5.74) is 0.500. The Labute approximate surface area is 69.0 Å². The number of rotatable bonds is 0. The average Bonchev–Trinajstić information content (AvgIpc) is 1.27. The molecule has 0 N–H and O–H groups in total. The van der Waals surface area contributed by atoms with Crippen molar-refractivity contribution in [3.8, 4) is 0 Å². The molecule has 0 unspecified atom stereocenters. The van der Waals surface area contributed by atoms with Gasteiger partial charge in [-0.3, -0.25) is 0 Å². The topological polar surface area (TPSA) is 0 Å². The summed E-state index contributed by atoms with van der Waals surface area (Å²) in [6.07, 6.45) is 1.25. The minimum Gasteiger partial charge on any atom is -0.0776 e. The zero-order chi connectivity index (χ0) is 7.21. The van der Waals surface area contributed by atoms with Gasteiger partial charge in [0.1, 0.15) is 0 Å². The van der Waals surface area contributed by atoms with Gasteiger partial charge in [-0.2, -0.15) is 0 Å². The fourth-order valence-electron chi connectivity index (χ4n) is 0. The van der Waals surface area contributed by atoms with Gasteiger partial charge in [-0.05, 0) is 5.41 Å². The first-order valence-electron chi connectivity index (χ1n) is 3.41. The molecule has 0 aromatic carbocycles. The first kappa shape index (κ1) is 22.5. The summed E-state index contributed by atoms with van der Waals surface area (Å²) in [6.45, 7) is 13.0. The van der Waals surface area contributed by atoms with E-state index in [4.69, 9.17) is 0 Å². The van der Waals surface area contributed by atoms with Crippen molar-refractivity contribution in [1.82, 2.24) is 0 Å². The third kappa shape index (κ3) is 0. The minimum absolute atomic E-state index is 0. The van der Waals surface area contributed by atoms with Crippen molar-refractivity contribution < 1.29 is 0 Å². The van der Waals surface area contributed by atoms with Gasteiger partial charge >= 0.3 is 0 Å². The molecule has 0 aliphatic heterocycles. The van der Waals surface area contributed by atoms with E-state index >= 15 is 0 Å². The van der Waals surface area contributed by atoms with E-state index in [0.29, 0.717) is 5.41 Å². The van der Waals surface area contributed by atoms with E-state index in [-0.39, 0.29) is 14.9 Å². The van der Waals surface area contributed by atoms with E-state index < -0.39 is 0 Å². The van der Waals surface area contributed by atoms with Gasteiger partial charge in [0.05, 0.1) is 0 Å². The second kappa shape index (κ2) is 11.8. The Bertz CT molecular complexity index is 23.8. The predicted molar refractivity (Wildman–Crippen MR) is 54.6 cm³/mol. The highest BCUT2D eigenvalue weighted by molar-refractivity contribution is 4.47. The molecule has 0 saturated heterocycles. The van der Waals surface area contributed by atoms with Gasteiger partial charge in [0.25, 0.3) is 0 Å². The van der Waals surface area contributed by atoms with E-state index in [9.17, 15) is 0 Å². The molecule has 0 saturated carbocycles. The van der Waals surface area contributed by atoms with Gasteiger partial charge in [-0.1, -0.05) is 62.8 Å². The second-order valence-electron chi connectivity index (χ2n) is 3.71. The molecule has 10 heavy (non-hydrogen) atoms. The summed E-state index contributed by atoms with van der Waals surface area (Å²) >= 11 is 0. The third-order valence-electron chi connectivity index (χ3n) is 0. The zero-order valence-electron chi connectivity index (χ0n) is 7.21. The molecular weight excluding hydrogens is 120 g/mol. The molecule has 0 spiro atoms. The number of hydrogen-bond donors (Lipinski definition) is 0. The van der Waals surface area contributed by atoms with Gasteiger partial charge in [0, 0.05) is 0 Å². The molecule has 0 aliphatic rings. The van der Waals surface area contributed by atoms with Crippen LogP contribution in [0.25, 0.3) is 0 Å². The van der Waals surface area contributed by atoms with Gasteiger partial charge in [0.15, 0.2) is 0 Å². The maximum Gasteiger partial charge on any atom is -0.0411 e. The van der Waals surface area contributed by atoms with Crippen molar-refractivity contribution in [2.75, 3.05) is 0 Å². The fraction of sp³-hybridized carbons (Fsp3) is 1.00. The van der Waals surface area contributed by atoms with Crippen molar-refractivity contribution >= 4 is 0 Å². The van der Waals surface area contributed by atoms with Gasteiger partial charge < -0.3 is 0 Å². The van der Waals surface area contributed by atoms with Crippen LogP contribution >= 0.6 is 0 Å². The van der Waals surface area contributed by atoms with Crippen molar-refractivity contribution in [1.29, 1.82) is 0 Å². The Morgan fingerprint density at radius 1 is 0.800 bits per heavy atom. The average molecular weight is 148 g/mol. The van der Waals surface area contributed by atoms with E-state index in [1.807, 2.05) is 0 Å². The van der Waals surface area contributed by atoms with Crippen molar-refractivity contribution in [2.45, 2.75) is 62.8 Å². The Balaban J connectivity index is -0.0000000326. The smallest absolute Gasteiger partial charge is 0.0411 e. The molecule has 0 heterocycles. The number of hydrogen-bond acceptors (Lipinski definition) is 0. The molecular formula is C10H28. The van der Waals surface area contributed by atoms with Crippen molar-refractivity contribution in [2.24, 2.45) is 5.41 Å². The summed E-state index contributed by atoms with van der Waals surface area (Å²) in [5.74, 6) is 0. The molecule has 0 aromatic heterocycles. The summed E-state index contributed by atoms with van der Waals surface area (Å²) in [7, 11) is 0. The lowest BCUT2D eigenvalue weighted by atomic mass is 10.0. The van der Waals surface area contributed by atoms with Crippen LogP contribution in [0, 0.1) is 5.41 Å². The standard InChI is InChI=1S/C5H12.C3H8.2CH4/c1-5(2,3)4;1-3-2;;/h1-4H3;3H2,1-2H3;2*1H4. The summed E-state index contributed by atoms with van der Waals surface area (Å²) in [5, 5.41) is 0. The summed E-state index contributed by atoms with van der Waals surface area (Å²) in [4.78, 5) is 0. The summed E-state index contributed by atoms with van der Waals surface area (Å²) in [6, 6.07) is 0. The zero-order valence-corrected chi connectivity index (χ0v) is 7.21. The Kier molecular flexibility index (Phi) is 26.4. The lowest BCUT2D eigenvalue weighted by Crippen LogP contribution is -1.93. The van der Waals surface area contributed by atoms with E-state index in [2.05, 4.69) is 41.5 Å². The first-order chi connectivity index (χ1) is 3.41. The molecule has 0 radical (unpaired) electrons. The van der Waals surface area contributed by atoms with Crippen LogP contribution in [0.5, 0.6) is 0 Å². The van der Waals surface area contributed by atoms with Crippen molar-refractivity contribution in [3.63, 3.8) is 0 Å². The molecule has 0 fully saturated rings. The van der Waals surface area contributed by atoms with Crippen LogP contribution in [0.4, 0.5) is 0 Å². The predicted octanol–water partition coefficient (Wildman–Crippen LogP) is 4.74. The lowest BCUT2D eigenvalue weighted by molar-refractivity contribution is 0.469. The molecule has 0 heteroatoms. The highest BCUT2D eigenvalue weighted by atomic mass is 14.0. The minimum atomic E-state index is 0. The van der Waals surface area contributed by atoms with Crippen LogP contribution in [0.15, 0.2) is 0 Å².